The number of hydrogen-bond donors (Lipinski definition) is 1. The van der Waals surface area contributed by atoms with E-state index < -0.39 is 23.7 Å². The molecule has 4 unspecified atom stereocenters. The van der Waals surface area contributed by atoms with Crippen LogP contribution in [0.2, 0.25) is 0 Å². The Labute approximate surface area is 235 Å². The number of carbonyl (C=O) groups is 4. The van der Waals surface area contributed by atoms with Gasteiger partial charge in [-0.05, 0) is 96.8 Å². The van der Waals surface area contributed by atoms with E-state index in [-0.39, 0.29) is 35.6 Å². The summed E-state index contributed by atoms with van der Waals surface area (Å²) in [7, 11) is 0. The second kappa shape index (κ2) is 8.87. The van der Waals surface area contributed by atoms with Gasteiger partial charge in [-0.3, -0.25) is 24.1 Å². The first-order valence-corrected chi connectivity index (χ1v) is 13.9. The van der Waals surface area contributed by atoms with Gasteiger partial charge in [0.25, 0.3) is 0 Å². The number of phenolic OH excluding ortho intramolecular Hbond substituents is 1. The maximum Gasteiger partial charge on any atom is 0.238 e. The number of hydrogen-bond acceptors (Lipinski definition) is 5. The van der Waals surface area contributed by atoms with E-state index in [1.165, 1.54) is 11.0 Å². The molecule has 1 fully saturated rings. The molecule has 37 heavy (non-hydrogen) atoms. The van der Waals surface area contributed by atoms with Crippen molar-refractivity contribution >= 4 is 67.6 Å². The fourth-order valence-electron chi connectivity index (χ4n) is 6.32. The van der Waals surface area contributed by atoms with E-state index in [0.29, 0.717) is 34.4 Å². The highest BCUT2D eigenvalue weighted by Crippen LogP contribution is 2.56. The van der Waals surface area contributed by atoms with E-state index >= 15 is 0 Å². The number of imide groups is 1. The molecule has 1 heterocycles. The summed E-state index contributed by atoms with van der Waals surface area (Å²) in [6, 6.07) is 12.3. The molecule has 2 aromatic rings. The normalized spacial score (nSPS) is 27.1. The minimum atomic E-state index is -0.678. The van der Waals surface area contributed by atoms with Crippen LogP contribution in [0.5, 0.6) is 5.75 Å². The first-order valence-electron chi connectivity index (χ1n) is 12.0. The number of halogens is 2. The lowest BCUT2D eigenvalue weighted by atomic mass is 9.59. The highest BCUT2D eigenvalue weighted by molar-refractivity contribution is 14.1. The van der Waals surface area contributed by atoms with Crippen molar-refractivity contribution < 1.29 is 24.3 Å². The Morgan fingerprint density at radius 2 is 1.73 bits per heavy atom. The van der Waals surface area contributed by atoms with Crippen LogP contribution in [0.3, 0.4) is 0 Å². The van der Waals surface area contributed by atoms with E-state index in [0.717, 1.165) is 13.6 Å². The number of aromatic hydroxyl groups is 1. The third kappa shape index (κ3) is 3.71. The number of amides is 2. The largest absolute Gasteiger partial charge is 0.508 e. The molecule has 4 atom stereocenters. The van der Waals surface area contributed by atoms with Crippen molar-refractivity contribution in [1.82, 2.24) is 0 Å². The summed E-state index contributed by atoms with van der Waals surface area (Å²) in [6.45, 7) is 1.62. The lowest BCUT2D eigenvalue weighted by molar-refractivity contribution is -0.123. The third-order valence-corrected chi connectivity index (χ3v) is 9.16. The molecule has 0 bridgehead atoms. The average Bonchev–Trinajstić information content (AvgIpc) is 3.13. The number of ketones is 2. The van der Waals surface area contributed by atoms with Crippen LogP contribution in [-0.4, -0.2) is 28.5 Å². The number of fused-ring (bicyclic) bond motifs is 3. The van der Waals surface area contributed by atoms with E-state index in [9.17, 15) is 24.3 Å². The quantitative estimate of drug-likeness (QED) is 0.200. The van der Waals surface area contributed by atoms with E-state index in [4.69, 9.17) is 0 Å². The highest BCUT2D eigenvalue weighted by atomic mass is 127. The summed E-state index contributed by atoms with van der Waals surface area (Å²) in [5.74, 6) is -3.29. The van der Waals surface area contributed by atoms with Gasteiger partial charge in [0.2, 0.25) is 11.8 Å². The number of benzene rings is 2. The number of allylic oxidation sites excluding steroid dienone is 6. The molecule has 6 rings (SSSR count). The average molecular weight is 670 g/mol. The molecular formula is C29H21BrINO5. The SMILES string of the molecule is CC1=CC(=O)C2=C(C1=O)C(c1cc(Br)ccc1O)C1=CCC3C(=O)N(c4ccc(I)cc4)C(=O)C3C1C2. The van der Waals surface area contributed by atoms with Gasteiger partial charge in [0.05, 0.1) is 17.5 Å². The Morgan fingerprint density at radius 1 is 1.00 bits per heavy atom. The molecule has 6 nitrogen and oxygen atoms in total. The molecule has 2 aromatic carbocycles. The molecule has 1 N–H and O–H groups in total. The summed E-state index contributed by atoms with van der Waals surface area (Å²) in [6.07, 6.45) is 3.87. The second-order valence-electron chi connectivity index (χ2n) is 9.92. The van der Waals surface area contributed by atoms with Gasteiger partial charge in [0.1, 0.15) is 5.75 Å². The van der Waals surface area contributed by atoms with Crippen molar-refractivity contribution in [3.63, 3.8) is 0 Å². The molecule has 2 amide bonds. The number of anilines is 1. The van der Waals surface area contributed by atoms with Crippen molar-refractivity contribution in [2.75, 3.05) is 4.90 Å². The lowest BCUT2D eigenvalue weighted by Gasteiger charge is -2.42. The van der Waals surface area contributed by atoms with Crippen molar-refractivity contribution in [2.45, 2.75) is 25.7 Å². The molecule has 4 aliphatic rings. The molecule has 0 radical (unpaired) electrons. The third-order valence-electron chi connectivity index (χ3n) is 7.95. The van der Waals surface area contributed by atoms with Crippen LogP contribution in [0.25, 0.3) is 0 Å². The van der Waals surface area contributed by atoms with Crippen LogP contribution < -0.4 is 4.90 Å². The van der Waals surface area contributed by atoms with Gasteiger partial charge in [-0.25, -0.2) is 0 Å². The lowest BCUT2D eigenvalue weighted by Crippen LogP contribution is -2.39. The fraction of sp³-hybridized carbons (Fsp3) is 0.241. The molecule has 1 aliphatic heterocycles. The minimum Gasteiger partial charge on any atom is -0.508 e. The zero-order valence-corrected chi connectivity index (χ0v) is 23.4. The number of carbonyl (C=O) groups excluding carboxylic acids is 4. The van der Waals surface area contributed by atoms with Crippen LogP contribution in [0.4, 0.5) is 5.69 Å². The first-order chi connectivity index (χ1) is 17.7. The molecule has 1 saturated heterocycles. The summed E-state index contributed by atoms with van der Waals surface area (Å²) in [4.78, 5) is 55.3. The van der Waals surface area contributed by atoms with Crippen molar-refractivity contribution in [3.05, 3.63) is 90.5 Å². The van der Waals surface area contributed by atoms with E-state index in [1.807, 2.05) is 18.2 Å². The maximum absolute atomic E-state index is 13.9. The Hall–Kier alpha value is -2.85. The first kappa shape index (κ1) is 24.5. The Morgan fingerprint density at radius 3 is 2.46 bits per heavy atom. The summed E-state index contributed by atoms with van der Waals surface area (Å²) in [5, 5.41) is 10.9. The molecule has 0 aromatic heterocycles. The highest BCUT2D eigenvalue weighted by Gasteiger charge is 2.56. The number of rotatable bonds is 2. The fourth-order valence-corrected chi connectivity index (χ4v) is 7.06. The summed E-state index contributed by atoms with van der Waals surface area (Å²) >= 11 is 5.64. The predicted octanol–water partition coefficient (Wildman–Crippen LogP) is 5.39. The summed E-state index contributed by atoms with van der Waals surface area (Å²) < 4.78 is 1.71. The van der Waals surface area contributed by atoms with Gasteiger partial charge in [0.15, 0.2) is 11.6 Å². The van der Waals surface area contributed by atoms with E-state index in [2.05, 4.69) is 38.5 Å². The standard InChI is InChI=1S/C29H21BrINO5/c1-13-10-23(34)21-12-19-17(24(26(21)27(13)35)20-11-14(30)2-9-22(20)33)7-8-18-25(19)29(37)32(28(18)36)16-5-3-15(31)4-6-16/h2-7,9-11,18-19,24-25,33H,8,12H2,1H3. The van der Waals surface area contributed by atoms with Gasteiger partial charge in [-0.2, -0.15) is 0 Å². The van der Waals surface area contributed by atoms with Gasteiger partial charge in [-0.15, -0.1) is 0 Å². The topological polar surface area (TPSA) is 91.8 Å². The van der Waals surface area contributed by atoms with Gasteiger partial charge >= 0.3 is 0 Å². The van der Waals surface area contributed by atoms with Gasteiger partial charge in [-0.1, -0.05) is 27.6 Å². The summed E-state index contributed by atoms with van der Waals surface area (Å²) in [5.41, 5.74) is 2.94. The van der Waals surface area contributed by atoms with Crippen molar-refractivity contribution in [1.29, 1.82) is 0 Å². The molecular weight excluding hydrogens is 649 g/mol. The van der Waals surface area contributed by atoms with Gasteiger partial charge < -0.3 is 5.11 Å². The van der Waals surface area contributed by atoms with E-state index in [1.54, 1.807) is 37.3 Å². The number of Topliss-reactive ketones (excluding diaryl/α,β-unsaturated/α-hetero) is 1. The van der Waals surface area contributed by atoms with Crippen LogP contribution in [0.15, 0.2) is 81.4 Å². The van der Waals surface area contributed by atoms with Gasteiger partial charge in [0, 0.05) is 36.2 Å². The molecule has 186 valence electrons. The molecule has 0 spiro atoms. The molecule has 3 aliphatic carbocycles. The Balaban J connectivity index is 1.50. The number of phenols is 1. The monoisotopic (exact) mass is 669 g/mol. The zero-order chi connectivity index (χ0) is 26.2. The molecule has 8 heteroatoms. The zero-order valence-electron chi connectivity index (χ0n) is 19.7. The smallest absolute Gasteiger partial charge is 0.238 e. The van der Waals surface area contributed by atoms with Crippen molar-refractivity contribution in [3.8, 4) is 5.75 Å². The number of nitrogens with zero attached hydrogens (tertiary/aromatic N) is 1. The van der Waals surface area contributed by atoms with Crippen LogP contribution in [0.1, 0.15) is 31.2 Å². The van der Waals surface area contributed by atoms with Crippen LogP contribution >= 0.6 is 38.5 Å². The molecule has 0 saturated carbocycles. The Bertz CT molecular complexity index is 1520. The van der Waals surface area contributed by atoms with Crippen LogP contribution in [-0.2, 0) is 19.2 Å². The van der Waals surface area contributed by atoms with Crippen LogP contribution in [0, 0.1) is 21.3 Å². The Kier molecular flexibility index (Phi) is 5.87. The second-order valence-corrected chi connectivity index (χ2v) is 12.1. The minimum absolute atomic E-state index is 0.00511. The predicted molar refractivity (Wildman–Crippen MR) is 149 cm³/mol. The maximum atomic E-state index is 13.9. The van der Waals surface area contributed by atoms with Crippen molar-refractivity contribution in [2.24, 2.45) is 17.8 Å².